The number of amides is 2. The Morgan fingerprint density at radius 1 is 1.32 bits per heavy atom. The van der Waals surface area contributed by atoms with Gasteiger partial charge in [0.2, 0.25) is 5.91 Å². The normalized spacial score (nSPS) is 20.2. The molecular weight excluding hydrogens is 325 g/mol. The Morgan fingerprint density at radius 3 is 2.73 bits per heavy atom. The molecule has 0 radical (unpaired) electrons. The molecule has 0 unspecified atom stereocenters. The van der Waals surface area contributed by atoms with E-state index in [2.05, 4.69) is 16.7 Å². The van der Waals surface area contributed by atoms with Gasteiger partial charge < -0.3 is 10.6 Å². The fourth-order valence-corrected chi connectivity index (χ4v) is 2.93. The maximum Gasteiger partial charge on any atom is 0.253 e. The molecule has 0 saturated heterocycles. The summed E-state index contributed by atoms with van der Waals surface area (Å²) >= 11 is 11.7. The number of benzene rings is 1. The summed E-state index contributed by atoms with van der Waals surface area (Å²) in [6, 6.07) is 6.75. The second-order valence-electron chi connectivity index (χ2n) is 5.21. The average molecular weight is 340 g/mol. The van der Waals surface area contributed by atoms with Crippen molar-refractivity contribution in [2.24, 2.45) is 5.92 Å². The molecule has 1 aliphatic carbocycles. The molecule has 1 aromatic rings. The zero-order valence-corrected chi connectivity index (χ0v) is 13.2. The van der Waals surface area contributed by atoms with Gasteiger partial charge >= 0.3 is 0 Å². The van der Waals surface area contributed by atoms with Crippen LogP contribution in [0.15, 0.2) is 18.2 Å². The molecule has 1 fully saturated rings. The third-order valence-corrected chi connectivity index (χ3v) is 4.11. The van der Waals surface area contributed by atoms with Gasteiger partial charge in [-0.3, -0.25) is 9.59 Å². The van der Waals surface area contributed by atoms with Crippen LogP contribution in [0.2, 0.25) is 10.0 Å². The van der Waals surface area contributed by atoms with E-state index in [4.69, 9.17) is 28.5 Å². The molecule has 2 atom stereocenters. The van der Waals surface area contributed by atoms with Crippen LogP contribution < -0.4 is 10.6 Å². The van der Waals surface area contributed by atoms with E-state index in [0.29, 0.717) is 11.4 Å². The monoisotopic (exact) mass is 339 g/mol. The minimum atomic E-state index is -0.432. The smallest absolute Gasteiger partial charge is 0.253 e. The van der Waals surface area contributed by atoms with Crippen LogP contribution in [0, 0.1) is 17.2 Å². The number of halogens is 2. The van der Waals surface area contributed by atoms with E-state index in [1.807, 2.05) is 0 Å². The van der Waals surface area contributed by atoms with Crippen LogP contribution in [0.5, 0.6) is 0 Å². The summed E-state index contributed by atoms with van der Waals surface area (Å²) in [5.74, 6) is -0.701. The van der Waals surface area contributed by atoms with Gasteiger partial charge in [0, 0.05) is 17.0 Å². The quantitative estimate of drug-likeness (QED) is 0.884. The third kappa shape index (κ3) is 4.36. The predicted octanol–water partition coefficient (Wildman–Crippen LogP) is 2.53. The molecule has 0 bridgehead atoms. The van der Waals surface area contributed by atoms with E-state index in [9.17, 15) is 9.59 Å². The summed E-state index contributed by atoms with van der Waals surface area (Å²) in [4.78, 5) is 23.8. The first-order chi connectivity index (χ1) is 10.5. The summed E-state index contributed by atoms with van der Waals surface area (Å²) in [7, 11) is 0. The van der Waals surface area contributed by atoms with Crippen LogP contribution in [0.25, 0.3) is 0 Å². The Balaban J connectivity index is 1.81. The van der Waals surface area contributed by atoms with Crippen LogP contribution in [-0.4, -0.2) is 24.4 Å². The molecule has 7 heteroatoms. The van der Waals surface area contributed by atoms with Crippen molar-refractivity contribution in [1.29, 1.82) is 5.26 Å². The van der Waals surface area contributed by atoms with Crippen molar-refractivity contribution >= 4 is 35.0 Å². The van der Waals surface area contributed by atoms with Gasteiger partial charge in [-0.25, -0.2) is 0 Å². The minimum absolute atomic E-state index is 0.00719. The Morgan fingerprint density at radius 2 is 2.09 bits per heavy atom. The topological polar surface area (TPSA) is 82.0 Å². The summed E-state index contributed by atoms with van der Waals surface area (Å²) in [6.07, 6.45) is 2.26. The highest BCUT2D eigenvalue weighted by atomic mass is 35.5. The first-order valence-corrected chi connectivity index (χ1v) is 7.67. The minimum Gasteiger partial charge on any atom is -0.352 e. The van der Waals surface area contributed by atoms with Crippen LogP contribution in [0.4, 0.5) is 0 Å². The van der Waals surface area contributed by atoms with Gasteiger partial charge in [-0.15, -0.1) is 0 Å². The zero-order valence-electron chi connectivity index (χ0n) is 11.7. The molecule has 0 spiro atoms. The van der Waals surface area contributed by atoms with E-state index in [-0.39, 0.29) is 35.0 Å². The van der Waals surface area contributed by atoms with E-state index >= 15 is 0 Å². The van der Waals surface area contributed by atoms with Gasteiger partial charge in [0.05, 0.1) is 23.2 Å². The molecule has 22 heavy (non-hydrogen) atoms. The lowest BCUT2D eigenvalue weighted by Crippen LogP contribution is -2.41. The molecule has 0 heterocycles. The Kier molecular flexibility index (Phi) is 5.64. The van der Waals surface area contributed by atoms with Crippen molar-refractivity contribution in [1.82, 2.24) is 10.6 Å². The number of rotatable bonds is 4. The summed E-state index contributed by atoms with van der Waals surface area (Å²) in [5, 5.41) is 14.8. The highest BCUT2D eigenvalue weighted by Crippen LogP contribution is 2.24. The van der Waals surface area contributed by atoms with Gasteiger partial charge in [0.15, 0.2) is 0 Å². The Hall–Kier alpha value is -1.77. The molecule has 0 aliphatic heterocycles. The van der Waals surface area contributed by atoms with E-state index in [1.165, 1.54) is 12.1 Å². The standard InChI is InChI=1S/C15H15Cl2N3O2/c16-10-2-4-12(13(17)6-10)15(22)19-8-14(21)20-11-3-1-9(5-11)7-18/h2,4,6,9,11H,1,3,5,8H2,(H,19,22)(H,20,21)/t9-,11-/m1/s1. The SMILES string of the molecule is N#C[C@@H]1CC[C@@H](NC(=O)CNC(=O)c2ccc(Cl)cc2Cl)C1. The number of hydrogen-bond acceptors (Lipinski definition) is 3. The molecule has 2 rings (SSSR count). The maximum atomic E-state index is 12.0. The Labute approximate surface area is 138 Å². The first-order valence-electron chi connectivity index (χ1n) is 6.92. The number of hydrogen-bond donors (Lipinski definition) is 2. The molecule has 2 N–H and O–H groups in total. The predicted molar refractivity (Wildman–Crippen MR) is 83.7 cm³/mol. The number of nitrogens with zero attached hydrogens (tertiary/aromatic N) is 1. The Bertz CT molecular complexity index is 628. The highest BCUT2D eigenvalue weighted by Gasteiger charge is 2.25. The van der Waals surface area contributed by atoms with Crippen molar-refractivity contribution < 1.29 is 9.59 Å². The summed E-state index contributed by atoms with van der Waals surface area (Å²) in [6.45, 7) is -0.133. The molecule has 1 aliphatic rings. The lowest BCUT2D eigenvalue weighted by molar-refractivity contribution is -0.120. The number of carbonyl (C=O) groups is 2. The molecular formula is C15H15Cl2N3O2. The van der Waals surface area contributed by atoms with Crippen molar-refractivity contribution in [2.45, 2.75) is 25.3 Å². The van der Waals surface area contributed by atoms with E-state index in [0.717, 1.165) is 12.8 Å². The second-order valence-corrected chi connectivity index (χ2v) is 6.05. The fraction of sp³-hybridized carbons (Fsp3) is 0.400. The highest BCUT2D eigenvalue weighted by molar-refractivity contribution is 6.36. The maximum absolute atomic E-state index is 12.0. The van der Waals surface area contributed by atoms with Crippen LogP contribution in [0.1, 0.15) is 29.6 Å². The largest absolute Gasteiger partial charge is 0.352 e. The van der Waals surface area contributed by atoms with Crippen molar-refractivity contribution in [2.75, 3.05) is 6.54 Å². The van der Waals surface area contributed by atoms with Crippen molar-refractivity contribution in [3.8, 4) is 6.07 Å². The number of nitrogens with one attached hydrogen (secondary N) is 2. The van der Waals surface area contributed by atoms with Crippen LogP contribution in [-0.2, 0) is 4.79 Å². The molecule has 2 amide bonds. The molecule has 5 nitrogen and oxygen atoms in total. The van der Waals surface area contributed by atoms with Crippen molar-refractivity contribution in [3.05, 3.63) is 33.8 Å². The lowest BCUT2D eigenvalue weighted by atomic mass is 10.1. The first kappa shape index (κ1) is 16.6. The van der Waals surface area contributed by atoms with Crippen LogP contribution >= 0.6 is 23.2 Å². The van der Waals surface area contributed by atoms with E-state index in [1.54, 1.807) is 6.07 Å². The van der Waals surface area contributed by atoms with Gasteiger partial charge in [0.1, 0.15) is 0 Å². The van der Waals surface area contributed by atoms with Crippen molar-refractivity contribution in [3.63, 3.8) is 0 Å². The third-order valence-electron chi connectivity index (χ3n) is 3.57. The van der Waals surface area contributed by atoms with Gasteiger partial charge in [-0.05, 0) is 37.5 Å². The number of carbonyl (C=O) groups excluding carboxylic acids is 2. The zero-order chi connectivity index (χ0) is 16.1. The van der Waals surface area contributed by atoms with Gasteiger partial charge in [0.25, 0.3) is 5.91 Å². The number of nitriles is 1. The fourth-order valence-electron chi connectivity index (χ4n) is 2.44. The van der Waals surface area contributed by atoms with E-state index < -0.39 is 5.91 Å². The van der Waals surface area contributed by atoms with Crippen LogP contribution in [0.3, 0.4) is 0 Å². The molecule has 1 aromatic carbocycles. The summed E-state index contributed by atoms with van der Waals surface area (Å²) in [5.41, 5.74) is 0.268. The van der Waals surface area contributed by atoms with Gasteiger partial charge in [-0.1, -0.05) is 23.2 Å². The van der Waals surface area contributed by atoms with Gasteiger partial charge in [-0.2, -0.15) is 5.26 Å². The molecule has 0 aromatic heterocycles. The lowest BCUT2D eigenvalue weighted by Gasteiger charge is -2.12. The molecule has 1 saturated carbocycles. The average Bonchev–Trinajstić information content (AvgIpc) is 2.92. The second kappa shape index (κ2) is 7.48. The molecule has 116 valence electrons. The summed E-state index contributed by atoms with van der Waals surface area (Å²) < 4.78 is 0.